The van der Waals surface area contributed by atoms with Crippen molar-refractivity contribution < 1.29 is 9.44 Å². The molecule has 1 fully saturated rings. The molecule has 1 aromatic carbocycles. The smallest absolute Gasteiger partial charge is 0.352 e. The second-order valence-electron chi connectivity index (χ2n) is 6.74. The molecule has 3 unspecified atom stereocenters. The van der Waals surface area contributed by atoms with Crippen LogP contribution in [0.2, 0.25) is 0 Å². The van der Waals surface area contributed by atoms with Crippen LogP contribution in [0, 0.1) is 5.21 Å². The number of quaternary nitrogens is 1. The predicted molar refractivity (Wildman–Crippen MR) is 89.8 cm³/mol. The van der Waals surface area contributed by atoms with E-state index in [9.17, 15) is 10.0 Å². The molecule has 1 amide bonds. The lowest BCUT2D eigenvalue weighted by atomic mass is 9.75. The number of carbonyl (C=O) groups is 1. The number of fused-ring (bicyclic) bond motifs is 3. The van der Waals surface area contributed by atoms with Gasteiger partial charge in [-0.05, 0) is 30.6 Å². The number of carbonyl (C=O) groups excluding carboxylic acids is 1. The van der Waals surface area contributed by atoms with E-state index in [0.717, 1.165) is 18.4 Å². The number of hydroxylamine groups is 3. The quantitative estimate of drug-likeness (QED) is 0.589. The second kappa shape index (κ2) is 5.25. The van der Waals surface area contributed by atoms with Gasteiger partial charge in [0.15, 0.2) is 0 Å². The number of rotatable bonds is 1. The van der Waals surface area contributed by atoms with Crippen LogP contribution >= 0.6 is 0 Å². The number of hydrogen-bond donors (Lipinski definition) is 0. The van der Waals surface area contributed by atoms with Gasteiger partial charge >= 0.3 is 5.91 Å². The SMILES string of the molecule is C[N+]1([O-])C=CC=C(C2=NC3CCCCC3c3ccccc32)C1=O. The third kappa shape index (κ3) is 2.30. The van der Waals surface area contributed by atoms with Gasteiger partial charge in [0.05, 0.1) is 18.8 Å². The van der Waals surface area contributed by atoms with Crippen molar-refractivity contribution in [1.29, 1.82) is 0 Å². The molecule has 1 aliphatic carbocycles. The van der Waals surface area contributed by atoms with Crippen LogP contribution < -0.4 is 0 Å². The fraction of sp³-hybridized carbons (Fsp3) is 0.368. The summed E-state index contributed by atoms with van der Waals surface area (Å²) >= 11 is 0. The highest BCUT2D eigenvalue weighted by molar-refractivity contribution is 6.28. The van der Waals surface area contributed by atoms with Gasteiger partial charge in [0.1, 0.15) is 11.8 Å². The maximum absolute atomic E-state index is 12.6. The van der Waals surface area contributed by atoms with Crippen LogP contribution in [0.15, 0.2) is 53.2 Å². The summed E-state index contributed by atoms with van der Waals surface area (Å²) in [5.74, 6) is 0.0157. The number of nitrogens with zero attached hydrogens (tertiary/aromatic N) is 2. The van der Waals surface area contributed by atoms with Crippen molar-refractivity contribution in [2.24, 2.45) is 4.99 Å². The van der Waals surface area contributed by atoms with Gasteiger partial charge in [0, 0.05) is 11.5 Å². The summed E-state index contributed by atoms with van der Waals surface area (Å²) in [5.41, 5.74) is 3.45. The molecule has 0 spiro atoms. The third-order valence-electron chi connectivity index (χ3n) is 5.16. The molecule has 0 bridgehead atoms. The zero-order valence-corrected chi connectivity index (χ0v) is 13.2. The van der Waals surface area contributed by atoms with E-state index >= 15 is 0 Å². The molecule has 4 nitrogen and oxygen atoms in total. The van der Waals surface area contributed by atoms with E-state index < -0.39 is 10.6 Å². The summed E-state index contributed by atoms with van der Waals surface area (Å²) in [4.78, 5) is 17.5. The summed E-state index contributed by atoms with van der Waals surface area (Å²) in [6.45, 7) is 0. The van der Waals surface area contributed by atoms with Crippen LogP contribution in [0.3, 0.4) is 0 Å². The highest BCUT2D eigenvalue weighted by Gasteiger charge is 2.38. The first-order valence-corrected chi connectivity index (χ1v) is 8.27. The lowest BCUT2D eigenvalue weighted by Gasteiger charge is -2.37. The molecule has 4 heteroatoms. The molecule has 0 aromatic heterocycles. The molecule has 0 radical (unpaired) electrons. The highest BCUT2D eigenvalue weighted by Crippen LogP contribution is 2.41. The molecule has 2 heterocycles. The first-order valence-electron chi connectivity index (χ1n) is 8.27. The minimum Gasteiger partial charge on any atom is -0.620 e. The molecule has 2 aliphatic heterocycles. The van der Waals surface area contributed by atoms with E-state index in [-0.39, 0.29) is 6.04 Å². The standard InChI is InChI=1S/C19H20N2O2/c1-21(23)12-6-10-16(19(21)22)18-15-9-3-2-7-13(15)14-8-4-5-11-17(14)20-18/h2-3,6-7,9-10,12,14,17H,4-5,8,11H2,1H3. The molecule has 23 heavy (non-hydrogen) atoms. The van der Waals surface area contributed by atoms with E-state index in [0.29, 0.717) is 17.2 Å². The van der Waals surface area contributed by atoms with Crippen LogP contribution in [0.1, 0.15) is 42.7 Å². The Kier molecular flexibility index (Phi) is 3.32. The summed E-state index contributed by atoms with van der Waals surface area (Å²) < 4.78 is -0.999. The van der Waals surface area contributed by atoms with E-state index in [2.05, 4.69) is 12.1 Å². The van der Waals surface area contributed by atoms with Crippen LogP contribution in [0.4, 0.5) is 0 Å². The Hall–Kier alpha value is -2.04. The normalized spacial score (nSPS) is 32.7. The summed E-state index contributed by atoms with van der Waals surface area (Å²) in [5, 5.41) is 12.3. The molecule has 0 saturated heterocycles. The largest absolute Gasteiger partial charge is 0.620 e. The number of likely N-dealkylation sites (N-methyl/N-ethyl adjacent to an activating group) is 1. The predicted octanol–water partition coefficient (Wildman–Crippen LogP) is 3.44. The monoisotopic (exact) mass is 308 g/mol. The Bertz CT molecular complexity index is 758. The molecule has 1 saturated carbocycles. The van der Waals surface area contributed by atoms with Crippen molar-refractivity contribution in [3.8, 4) is 0 Å². The Labute approximate surface area is 136 Å². The second-order valence-corrected chi connectivity index (χ2v) is 6.74. The van der Waals surface area contributed by atoms with Crippen molar-refractivity contribution in [3.63, 3.8) is 0 Å². The Balaban J connectivity index is 1.85. The van der Waals surface area contributed by atoms with E-state index in [1.165, 1.54) is 31.7 Å². The lowest BCUT2D eigenvalue weighted by Crippen LogP contribution is -2.43. The van der Waals surface area contributed by atoms with Gasteiger partial charge in [0.25, 0.3) is 0 Å². The number of benzene rings is 1. The van der Waals surface area contributed by atoms with E-state index in [1.807, 2.05) is 12.1 Å². The molecule has 3 aliphatic rings. The zero-order chi connectivity index (χ0) is 16.0. The number of amides is 1. The van der Waals surface area contributed by atoms with Crippen molar-refractivity contribution in [2.75, 3.05) is 7.05 Å². The van der Waals surface area contributed by atoms with Gasteiger partial charge in [-0.1, -0.05) is 37.1 Å². The minimum atomic E-state index is -0.999. The van der Waals surface area contributed by atoms with Crippen LogP contribution in [0.5, 0.6) is 0 Å². The molecule has 1 aromatic rings. The van der Waals surface area contributed by atoms with E-state index in [1.54, 1.807) is 12.2 Å². The maximum Gasteiger partial charge on any atom is 0.352 e. The molecule has 118 valence electrons. The Morgan fingerprint density at radius 3 is 2.87 bits per heavy atom. The van der Waals surface area contributed by atoms with Crippen LogP contribution in [-0.4, -0.2) is 29.4 Å². The van der Waals surface area contributed by atoms with Crippen molar-refractivity contribution >= 4 is 11.6 Å². The fourth-order valence-electron chi connectivity index (χ4n) is 3.98. The Morgan fingerprint density at radius 1 is 1.22 bits per heavy atom. The maximum atomic E-state index is 12.6. The van der Waals surface area contributed by atoms with Gasteiger partial charge in [-0.3, -0.25) is 9.64 Å². The topological polar surface area (TPSA) is 52.5 Å². The highest BCUT2D eigenvalue weighted by atomic mass is 16.6. The Morgan fingerprint density at radius 2 is 2.00 bits per heavy atom. The van der Waals surface area contributed by atoms with Gasteiger partial charge < -0.3 is 5.21 Å². The van der Waals surface area contributed by atoms with Crippen LogP contribution in [0.25, 0.3) is 0 Å². The van der Waals surface area contributed by atoms with Crippen molar-refractivity contribution in [3.05, 3.63) is 64.5 Å². The fourth-order valence-corrected chi connectivity index (χ4v) is 3.98. The van der Waals surface area contributed by atoms with Crippen molar-refractivity contribution in [1.82, 2.24) is 0 Å². The van der Waals surface area contributed by atoms with Gasteiger partial charge in [0.2, 0.25) is 0 Å². The molecule has 4 rings (SSSR count). The lowest BCUT2D eigenvalue weighted by molar-refractivity contribution is -0.724. The zero-order valence-electron chi connectivity index (χ0n) is 13.2. The minimum absolute atomic E-state index is 0.235. The van der Waals surface area contributed by atoms with Crippen molar-refractivity contribution in [2.45, 2.75) is 37.6 Å². The number of hydrogen-bond acceptors (Lipinski definition) is 3. The summed E-state index contributed by atoms with van der Waals surface area (Å²) in [6, 6.07) is 8.45. The average molecular weight is 308 g/mol. The number of allylic oxidation sites excluding steroid dienone is 2. The first kappa shape index (κ1) is 14.5. The van der Waals surface area contributed by atoms with Gasteiger partial charge in [-0.25, -0.2) is 4.79 Å². The molecular formula is C19H20N2O2. The molecule has 0 N–H and O–H groups in total. The van der Waals surface area contributed by atoms with E-state index in [4.69, 9.17) is 4.99 Å². The third-order valence-corrected chi connectivity index (χ3v) is 5.16. The summed E-state index contributed by atoms with van der Waals surface area (Å²) in [7, 11) is 1.37. The van der Waals surface area contributed by atoms with Gasteiger partial charge in [-0.15, -0.1) is 0 Å². The average Bonchev–Trinajstić information content (AvgIpc) is 2.57. The van der Waals surface area contributed by atoms with Crippen LogP contribution in [-0.2, 0) is 4.79 Å². The molecule has 3 atom stereocenters. The summed E-state index contributed by atoms with van der Waals surface area (Å²) in [6.07, 6.45) is 9.40. The molecular weight excluding hydrogens is 288 g/mol. The van der Waals surface area contributed by atoms with Gasteiger partial charge in [-0.2, -0.15) is 0 Å². The first-order chi connectivity index (χ1) is 11.1. The number of aliphatic imine (C=N–C) groups is 1.